The van der Waals surface area contributed by atoms with Gasteiger partial charge in [-0.25, -0.2) is 4.68 Å². The number of aromatic nitrogens is 2. The number of aryl methyl sites for hydroxylation is 1. The van der Waals surface area contributed by atoms with Crippen molar-refractivity contribution in [3.8, 4) is 11.4 Å². The van der Waals surface area contributed by atoms with E-state index in [4.69, 9.17) is 4.74 Å². The maximum atomic E-state index is 5.75. The van der Waals surface area contributed by atoms with Gasteiger partial charge < -0.3 is 15.4 Å². The quantitative estimate of drug-likeness (QED) is 0.489. The Morgan fingerprint density at radius 2 is 1.89 bits per heavy atom. The van der Waals surface area contributed by atoms with Crippen LogP contribution in [0, 0.1) is 6.92 Å². The van der Waals surface area contributed by atoms with Crippen LogP contribution in [0.3, 0.4) is 0 Å². The van der Waals surface area contributed by atoms with E-state index in [9.17, 15) is 0 Å². The van der Waals surface area contributed by atoms with Gasteiger partial charge in [0.15, 0.2) is 5.96 Å². The van der Waals surface area contributed by atoms with Crippen LogP contribution >= 0.6 is 0 Å². The Hall–Kier alpha value is -3.28. The molecule has 0 aliphatic carbocycles. The Bertz CT molecular complexity index is 918. The van der Waals surface area contributed by atoms with Gasteiger partial charge in [-0.2, -0.15) is 5.10 Å². The number of para-hydroxylation sites is 1. The van der Waals surface area contributed by atoms with E-state index < -0.39 is 0 Å². The molecular weight excluding hydrogens is 350 g/mol. The van der Waals surface area contributed by atoms with Crippen LogP contribution in [0.4, 0.5) is 0 Å². The molecule has 0 saturated heterocycles. The summed E-state index contributed by atoms with van der Waals surface area (Å²) in [5.41, 5.74) is 4.41. The second-order valence-corrected chi connectivity index (χ2v) is 6.45. The van der Waals surface area contributed by atoms with E-state index >= 15 is 0 Å². The fourth-order valence-corrected chi connectivity index (χ4v) is 2.86. The summed E-state index contributed by atoms with van der Waals surface area (Å²) in [6.45, 7) is 5.98. The Morgan fingerprint density at radius 1 is 1.11 bits per heavy atom. The molecular formula is C22H27N5O. The number of aliphatic imine (C=N–C) groups is 1. The lowest BCUT2D eigenvalue weighted by Crippen LogP contribution is -2.36. The molecule has 0 unspecified atom stereocenters. The van der Waals surface area contributed by atoms with Crippen molar-refractivity contribution >= 4 is 5.96 Å². The van der Waals surface area contributed by atoms with Crippen molar-refractivity contribution in [1.82, 2.24) is 20.4 Å². The average Bonchev–Trinajstić information content (AvgIpc) is 3.19. The topological polar surface area (TPSA) is 63.5 Å². The third-order valence-corrected chi connectivity index (χ3v) is 4.31. The van der Waals surface area contributed by atoms with Gasteiger partial charge in [0.05, 0.1) is 18.5 Å². The van der Waals surface area contributed by atoms with Crippen LogP contribution in [0.2, 0.25) is 0 Å². The predicted octanol–water partition coefficient (Wildman–Crippen LogP) is 3.44. The molecule has 0 atom stereocenters. The number of benzene rings is 2. The summed E-state index contributed by atoms with van der Waals surface area (Å²) < 4.78 is 7.62. The summed E-state index contributed by atoms with van der Waals surface area (Å²) in [4.78, 5) is 4.30. The lowest BCUT2D eigenvalue weighted by molar-refractivity contribution is 0.336. The van der Waals surface area contributed by atoms with Gasteiger partial charge in [-0.05, 0) is 37.6 Å². The Kier molecular flexibility index (Phi) is 6.68. The first-order valence-corrected chi connectivity index (χ1v) is 9.45. The second-order valence-electron chi connectivity index (χ2n) is 6.45. The van der Waals surface area contributed by atoms with Gasteiger partial charge >= 0.3 is 0 Å². The van der Waals surface area contributed by atoms with Crippen molar-refractivity contribution in [2.45, 2.75) is 26.9 Å². The monoisotopic (exact) mass is 377 g/mol. The van der Waals surface area contributed by atoms with E-state index in [1.54, 1.807) is 7.05 Å². The van der Waals surface area contributed by atoms with E-state index in [1.165, 1.54) is 5.56 Å². The number of guanidine groups is 1. The zero-order valence-electron chi connectivity index (χ0n) is 16.6. The summed E-state index contributed by atoms with van der Waals surface area (Å²) >= 11 is 0. The number of hydrogen-bond acceptors (Lipinski definition) is 3. The molecule has 0 amide bonds. The number of rotatable bonds is 7. The molecule has 0 radical (unpaired) electrons. The molecule has 2 aromatic carbocycles. The van der Waals surface area contributed by atoms with Gasteiger partial charge in [-0.3, -0.25) is 4.99 Å². The van der Waals surface area contributed by atoms with E-state index in [0.29, 0.717) is 19.7 Å². The summed E-state index contributed by atoms with van der Waals surface area (Å²) in [6, 6.07) is 16.3. The van der Waals surface area contributed by atoms with E-state index in [2.05, 4.69) is 45.8 Å². The SMILES string of the molecule is CCOc1cc(C)ccc1CNC(=NC)NCc1cnn(-c2ccccc2)c1. The fraction of sp³-hybridized carbons (Fsp3) is 0.273. The minimum Gasteiger partial charge on any atom is -0.494 e. The molecule has 0 aliphatic heterocycles. The summed E-state index contributed by atoms with van der Waals surface area (Å²) in [7, 11) is 1.77. The summed E-state index contributed by atoms with van der Waals surface area (Å²) in [5.74, 6) is 1.64. The standard InChI is InChI=1S/C22H27N5O/c1-4-28-21-12-17(2)10-11-19(21)15-25-22(23-3)24-13-18-14-26-27(16-18)20-8-6-5-7-9-20/h5-12,14,16H,4,13,15H2,1-3H3,(H2,23,24,25). The van der Waals surface area contributed by atoms with Crippen molar-refractivity contribution in [3.05, 3.63) is 77.6 Å². The minimum atomic E-state index is 0.637. The predicted molar refractivity (Wildman–Crippen MR) is 113 cm³/mol. The molecule has 1 heterocycles. The van der Waals surface area contributed by atoms with Gasteiger partial charge in [-0.1, -0.05) is 30.3 Å². The number of nitrogens with one attached hydrogen (secondary N) is 2. The van der Waals surface area contributed by atoms with Crippen molar-refractivity contribution in [2.75, 3.05) is 13.7 Å². The van der Waals surface area contributed by atoms with Crippen molar-refractivity contribution in [1.29, 1.82) is 0 Å². The van der Waals surface area contributed by atoms with Gasteiger partial charge in [0, 0.05) is 37.5 Å². The van der Waals surface area contributed by atoms with Gasteiger partial charge in [0.1, 0.15) is 5.75 Å². The molecule has 1 aromatic heterocycles. The highest BCUT2D eigenvalue weighted by molar-refractivity contribution is 5.79. The molecule has 0 saturated carbocycles. The second kappa shape index (κ2) is 9.60. The molecule has 6 heteroatoms. The molecule has 0 fully saturated rings. The van der Waals surface area contributed by atoms with Crippen molar-refractivity contribution in [2.24, 2.45) is 4.99 Å². The highest BCUT2D eigenvalue weighted by Gasteiger charge is 2.06. The van der Waals surface area contributed by atoms with Gasteiger partial charge in [0.2, 0.25) is 0 Å². The van der Waals surface area contributed by atoms with Crippen LogP contribution in [0.15, 0.2) is 65.9 Å². The molecule has 3 aromatic rings. The lowest BCUT2D eigenvalue weighted by Gasteiger charge is -2.14. The maximum absolute atomic E-state index is 5.75. The van der Waals surface area contributed by atoms with Crippen LogP contribution < -0.4 is 15.4 Å². The third-order valence-electron chi connectivity index (χ3n) is 4.31. The molecule has 28 heavy (non-hydrogen) atoms. The first-order valence-electron chi connectivity index (χ1n) is 9.45. The molecule has 0 aliphatic rings. The van der Waals surface area contributed by atoms with E-state index in [0.717, 1.165) is 28.5 Å². The Balaban J connectivity index is 1.57. The zero-order valence-corrected chi connectivity index (χ0v) is 16.6. The van der Waals surface area contributed by atoms with Crippen molar-refractivity contribution < 1.29 is 4.74 Å². The first-order chi connectivity index (χ1) is 13.7. The highest BCUT2D eigenvalue weighted by Crippen LogP contribution is 2.20. The minimum absolute atomic E-state index is 0.637. The molecule has 3 rings (SSSR count). The van der Waals surface area contributed by atoms with Crippen LogP contribution in [0.25, 0.3) is 5.69 Å². The molecule has 0 bridgehead atoms. The van der Waals surface area contributed by atoms with Gasteiger partial charge in [0.25, 0.3) is 0 Å². The largest absolute Gasteiger partial charge is 0.494 e. The maximum Gasteiger partial charge on any atom is 0.191 e. The van der Waals surface area contributed by atoms with Crippen molar-refractivity contribution in [3.63, 3.8) is 0 Å². The number of ether oxygens (including phenoxy) is 1. The number of nitrogens with zero attached hydrogens (tertiary/aromatic N) is 3. The Labute approximate surface area is 166 Å². The zero-order chi connectivity index (χ0) is 19.8. The normalized spacial score (nSPS) is 11.3. The smallest absolute Gasteiger partial charge is 0.191 e. The number of hydrogen-bond donors (Lipinski definition) is 2. The highest BCUT2D eigenvalue weighted by atomic mass is 16.5. The Morgan fingerprint density at radius 3 is 2.64 bits per heavy atom. The third kappa shape index (κ3) is 5.13. The average molecular weight is 377 g/mol. The van der Waals surface area contributed by atoms with Gasteiger partial charge in [-0.15, -0.1) is 0 Å². The molecule has 146 valence electrons. The van der Waals surface area contributed by atoms with Crippen LogP contribution in [-0.4, -0.2) is 29.4 Å². The molecule has 6 nitrogen and oxygen atoms in total. The lowest BCUT2D eigenvalue weighted by atomic mass is 10.1. The van der Waals surface area contributed by atoms with Crippen LogP contribution in [0.1, 0.15) is 23.6 Å². The van der Waals surface area contributed by atoms with Crippen LogP contribution in [0.5, 0.6) is 5.75 Å². The summed E-state index contributed by atoms with van der Waals surface area (Å²) in [5, 5.41) is 11.1. The molecule has 0 spiro atoms. The summed E-state index contributed by atoms with van der Waals surface area (Å²) in [6.07, 6.45) is 3.88. The fourth-order valence-electron chi connectivity index (χ4n) is 2.86. The van der Waals surface area contributed by atoms with E-state index in [1.807, 2.05) is 54.3 Å². The molecule has 2 N–H and O–H groups in total. The van der Waals surface area contributed by atoms with E-state index in [-0.39, 0.29) is 0 Å². The van der Waals surface area contributed by atoms with Crippen LogP contribution in [-0.2, 0) is 13.1 Å². The first kappa shape index (κ1) is 19.5.